The third kappa shape index (κ3) is 3.58. The van der Waals surface area contributed by atoms with E-state index < -0.39 is 6.09 Å². The lowest BCUT2D eigenvalue weighted by Gasteiger charge is -2.54. The number of carbonyl (C=O) groups is 1. The molecule has 6 heteroatoms. The van der Waals surface area contributed by atoms with Crippen LogP contribution in [0.4, 0.5) is 10.6 Å². The fourth-order valence-electron chi connectivity index (χ4n) is 4.83. The van der Waals surface area contributed by atoms with E-state index in [2.05, 4.69) is 63.4 Å². The molecule has 0 radical (unpaired) electrons. The third-order valence-electron chi connectivity index (χ3n) is 6.67. The molecule has 1 spiro atoms. The van der Waals surface area contributed by atoms with Crippen LogP contribution >= 0.6 is 0 Å². The van der Waals surface area contributed by atoms with Crippen LogP contribution in [-0.2, 0) is 12.8 Å². The number of amides is 1. The van der Waals surface area contributed by atoms with Crippen LogP contribution in [0.1, 0.15) is 24.0 Å². The first kappa shape index (κ1) is 18.9. The molecule has 3 heterocycles. The maximum absolute atomic E-state index is 11.2. The van der Waals surface area contributed by atoms with Crippen molar-refractivity contribution in [2.75, 3.05) is 31.1 Å². The van der Waals surface area contributed by atoms with Crippen molar-refractivity contribution in [3.8, 4) is 0 Å². The molecule has 2 saturated heterocycles. The van der Waals surface area contributed by atoms with Crippen LogP contribution in [0, 0.1) is 5.41 Å². The molecule has 1 aromatic heterocycles. The molecule has 0 bridgehead atoms. The Hall–Kier alpha value is -3.15. The summed E-state index contributed by atoms with van der Waals surface area (Å²) in [6, 6.07) is 17.1. The van der Waals surface area contributed by atoms with Gasteiger partial charge in [-0.2, -0.15) is 0 Å². The molecule has 0 saturated carbocycles. The molecule has 1 amide bonds. The predicted octanol–water partition coefficient (Wildman–Crippen LogP) is 4.00. The van der Waals surface area contributed by atoms with Crippen LogP contribution in [0.25, 0.3) is 10.9 Å². The van der Waals surface area contributed by atoms with E-state index in [4.69, 9.17) is 0 Å². The minimum Gasteiger partial charge on any atom is -0.465 e. The van der Waals surface area contributed by atoms with Gasteiger partial charge in [0.05, 0.1) is 5.52 Å². The van der Waals surface area contributed by atoms with E-state index in [1.54, 1.807) is 6.33 Å². The number of rotatable bonds is 4. The van der Waals surface area contributed by atoms with Crippen molar-refractivity contribution in [2.45, 2.75) is 25.7 Å². The second-order valence-corrected chi connectivity index (χ2v) is 8.66. The van der Waals surface area contributed by atoms with Crippen LogP contribution in [0.5, 0.6) is 0 Å². The van der Waals surface area contributed by atoms with Crippen molar-refractivity contribution < 1.29 is 9.90 Å². The zero-order chi connectivity index (χ0) is 20.6. The highest BCUT2D eigenvalue weighted by Gasteiger charge is 2.46. The van der Waals surface area contributed by atoms with Gasteiger partial charge in [0, 0.05) is 37.0 Å². The van der Waals surface area contributed by atoms with Gasteiger partial charge in [0.25, 0.3) is 0 Å². The van der Waals surface area contributed by atoms with E-state index in [9.17, 15) is 9.90 Å². The molecule has 5 rings (SSSR count). The summed E-state index contributed by atoms with van der Waals surface area (Å²) in [4.78, 5) is 24.1. The molecule has 2 aliphatic heterocycles. The summed E-state index contributed by atoms with van der Waals surface area (Å²) < 4.78 is 0. The largest absolute Gasteiger partial charge is 0.465 e. The molecule has 0 aliphatic carbocycles. The Labute approximate surface area is 176 Å². The zero-order valence-electron chi connectivity index (χ0n) is 17.0. The smallest absolute Gasteiger partial charge is 0.407 e. The standard InChI is InChI=1S/C24H26N4O2/c29-23(30)27-12-10-24(11-13-27)15-28(16-24)22-20-14-19(8-9-21(20)25-17-26-22)7-6-18-4-2-1-3-5-18/h1-5,8-9,14,17H,6-7,10-13,15-16H2,(H,29,30). The monoisotopic (exact) mass is 402 g/mol. The molecule has 0 atom stereocenters. The summed E-state index contributed by atoms with van der Waals surface area (Å²) in [5.74, 6) is 1.01. The van der Waals surface area contributed by atoms with Crippen LogP contribution in [0.3, 0.4) is 0 Å². The lowest BCUT2D eigenvalue weighted by molar-refractivity contribution is 0.0708. The van der Waals surface area contributed by atoms with Crippen LogP contribution in [0.15, 0.2) is 54.9 Å². The molecule has 2 fully saturated rings. The van der Waals surface area contributed by atoms with Gasteiger partial charge in [-0.05, 0) is 48.9 Å². The second kappa shape index (κ2) is 7.59. The first-order valence-electron chi connectivity index (χ1n) is 10.6. The number of hydrogen-bond donors (Lipinski definition) is 1. The van der Waals surface area contributed by atoms with Gasteiger partial charge >= 0.3 is 6.09 Å². The molecule has 154 valence electrons. The number of nitrogens with zero attached hydrogens (tertiary/aromatic N) is 4. The third-order valence-corrected chi connectivity index (χ3v) is 6.67. The van der Waals surface area contributed by atoms with Crippen molar-refractivity contribution in [3.05, 3.63) is 66.0 Å². The normalized spacial score (nSPS) is 17.9. The summed E-state index contributed by atoms with van der Waals surface area (Å²) in [7, 11) is 0. The summed E-state index contributed by atoms with van der Waals surface area (Å²) in [5.41, 5.74) is 3.85. The predicted molar refractivity (Wildman–Crippen MR) is 117 cm³/mol. The average Bonchev–Trinajstić information content (AvgIpc) is 2.76. The van der Waals surface area contributed by atoms with E-state index in [0.717, 1.165) is 55.5 Å². The minimum absolute atomic E-state index is 0.230. The quantitative estimate of drug-likeness (QED) is 0.714. The average molecular weight is 402 g/mol. The van der Waals surface area contributed by atoms with Gasteiger partial charge < -0.3 is 14.9 Å². The second-order valence-electron chi connectivity index (χ2n) is 8.66. The van der Waals surface area contributed by atoms with E-state index in [-0.39, 0.29) is 5.41 Å². The summed E-state index contributed by atoms with van der Waals surface area (Å²) in [6.07, 6.45) is 4.72. The van der Waals surface area contributed by atoms with Crippen LogP contribution in [0.2, 0.25) is 0 Å². The van der Waals surface area contributed by atoms with E-state index >= 15 is 0 Å². The molecule has 1 N–H and O–H groups in total. The molecular formula is C24H26N4O2. The van der Waals surface area contributed by atoms with Gasteiger partial charge in [-0.25, -0.2) is 14.8 Å². The molecule has 0 unspecified atom stereocenters. The van der Waals surface area contributed by atoms with Gasteiger partial charge in [-0.3, -0.25) is 0 Å². The highest BCUT2D eigenvalue weighted by atomic mass is 16.4. The number of likely N-dealkylation sites (tertiary alicyclic amines) is 1. The fourth-order valence-corrected chi connectivity index (χ4v) is 4.83. The lowest BCUT2D eigenvalue weighted by atomic mass is 9.72. The maximum atomic E-state index is 11.2. The maximum Gasteiger partial charge on any atom is 0.407 e. The number of piperidine rings is 1. The molecular weight excluding hydrogens is 376 g/mol. The van der Waals surface area contributed by atoms with Crippen molar-refractivity contribution in [2.24, 2.45) is 5.41 Å². The SMILES string of the molecule is O=C(O)N1CCC2(CC1)CN(c1ncnc3ccc(CCc4ccccc4)cc13)C2. The topological polar surface area (TPSA) is 69.6 Å². The minimum atomic E-state index is -0.800. The molecule has 30 heavy (non-hydrogen) atoms. The van der Waals surface area contributed by atoms with Crippen LogP contribution < -0.4 is 4.90 Å². The van der Waals surface area contributed by atoms with Gasteiger partial charge in [0.2, 0.25) is 0 Å². The highest BCUT2D eigenvalue weighted by molar-refractivity contribution is 5.90. The van der Waals surface area contributed by atoms with Crippen LogP contribution in [-0.4, -0.2) is 52.2 Å². The Balaban J connectivity index is 1.31. The Kier molecular flexibility index (Phi) is 4.77. The van der Waals surface area contributed by atoms with Gasteiger partial charge in [-0.1, -0.05) is 36.4 Å². The molecule has 3 aromatic rings. The summed E-state index contributed by atoms with van der Waals surface area (Å²) in [6.45, 7) is 3.16. The summed E-state index contributed by atoms with van der Waals surface area (Å²) >= 11 is 0. The molecule has 6 nitrogen and oxygen atoms in total. The number of aromatic nitrogens is 2. The van der Waals surface area contributed by atoms with Crippen molar-refractivity contribution >= 4 is 22.8 Å². The Bertz CT molecular complexity index is 1050. The van der Waals surface area contributed by atoms with Crippen molar-refractivity contribution in [1.29, 1.82) is 0 Å². The number of fused-ring (bicyclic) bond motifs is 1. The zero-order valence-corrected chi connectivity index (χ0v) is 17.0. The number of anilines is 1. The lowest BCUT2D eigenvalue weighted by Crippen LogP contribution is -2.61. The van der Waals surface area contributed by atoms with Crippen molar-refractivity contribution in [3.63, 3.8) is 0 Å². The van der Waals surface area contributed by atoms with E-state index in [1.165, 1.54) is 16.0 Å². The Morgan fingerprint density at radius 2 is 1.70 bits per heavy atom. The Morgan fingerprint density at radius 1 is 0.967 bits per heavy atom. The number of benzene rings is 2. The highest BCUT2D eigenvalue weighted by Crippen LogP contribution is 2.43. The molecule has 2 aromatic carbocycles. The van der Waals surface area contributed by atoms with E-state index in [0.29, 0.717) is 13.1 Å². The first-order chi connectivity index (χ1) is 14.6. The summed E-state index contributed by atoms with van der Waals surface area (Å²) in [5, 5.41) is 10.3. The first-order valence-corrected chi connectivity index (χ1v) is 10.6. The number of hydrogen-bond acceptors (Lipinski definition) is 4. The number of carboxylic acid groups (broad SMARTS) is 1. The Morgan fingerprint density at radius 3 is 2.43 bits per heavy atom. The molecule has 2 aliphatic rings. The van der Waals surface area contributed by atoms with E-state index in [1.807, 2.05) is 0 Å². The van der Waals surface area contributed by atoms with Gasteiger partial charge in [-0.15, -0.1) is 0 Å². The van der Waals surface area contributed by atoms with Gasteiger partial charge in [0.15, 0.2) is 0 Å². The number of aryl methyl sites for hydroxylation is 2. The fraction of sp³-hybridized carbons (Fsp3) is 0.375. The van der Waals surface area contributed by atoms with Crippen molar-refractivity contribution in [1.82, 2.24) is 14.9 Å². The van der Waals surface area contributed by atoms with Gasteiger partial charge in [0.1, 0.15) is 12.1 Å².